The molecule has 1 fully saturated rings. The molecule has 2 aromatic carbocycles. The van der Waals surface area contributed by atoms with Crippen LogP contribution in [0.15, 0.2) is 60.7 Å². The summed E-state index contributed by atoms with van der Waals surface area (Å²) in [5, 5.41) is 0. The van der Waals surface area contributed by atoms with Crippen molar-refractivity contribution in [1.82, 2.24) is 0 Å². The number of hydrogen-bond acceptors (Lipinski definition) is 1. The van der Waals surface area contributed by atoms with Crippen molar-refractivity contribution < 1.29 is 26.2 Å². The molecule has 0 aliphatic carbocycles. The van der Waals surface area contributed by atoms with Crippen LogP contribution in [0.1, 0.15) is 24.8 Å². The van der Waals surface area contributed by atoms with E-state index in [9.17, 15) is 0 Å². The van der Waals surface area contributed by atoms with Crippen molar-refractivity contribution in [3.63, 3.8) is 0 Å². The Bertz CT molecular complexity index is 669. The Morgan fingerprint density at radius 2 is 1.48 bits per heavy atom. The van der Waals surface area contributed by atoms with E-state index in [2.05, 4.69) is 24.0 Å². The number of para-hydroxylation sites is 1. The van der Waals surface area contributed by atoms with Gasteiger partial charge in [0.15, 0.2) is 0 Å². The van der Waals surface area contributed by atoms with Gasteiger partial charge >= 0.3 is 0 Å². The van der Waals surface area contributed by atoms with Gasteiger partial charge in [-0.1, -0.05) is 42.3 Å². The van der Waals surface area contributed by atoms with Crippen LogP contribution in [0.3, 0.4) is 0 Å². The Kier molecular flexibility index (Phi) is 8.04. The Morgan fingerprint density at radius 1 is 0.840 bits per heavy atom. The minimum absolute atomic E-state index is 0. The van der Waals surface area contributed by atoms with E-state index in [0.29, 0.717) is 0 Å². The van der Waals surface area contributed by atoms with Gasteiger partial charge in [0.05, 0.1) is 13.1 Å². The zero-order valence-corrected chi connectivity index (χ0v) is 16.2. The highest BCUT2D eigenvalue weighted by Crippen LogP contribution is 2.19. The van der Waals surface area contributed by atoms with Crippen LogP contribution in [0.5, 0.6) is 5.75 Å². The van der Waals surface area contributed by atoms with Crippen LogP contribution in [0.2, 0.25) is 0 Å². The topological polar surface area (TPSA) is 9.23 Å². The lowest BCUT2D eigenvalue weighted by atomic mass is 10.1. The average Bonchev–Trinajstić information content (AvgIpc) is 2.64. The van der Waals surface area contributed by atoms with Gasteiger partial charge in [0.1, 0.15) is 25.4 Å². The number of piperidine rings is 1. The highest BCUT2D eigenvalue weighted by molar-refractivity contribution is 5.33. The number of halogens is 1. The minimum atomic E-state index is 0. The smallest absolute Gasteiger partial charge is 0.141 e. The number of likely N-dealkylation sites (tertiary alicyclic amines) is 1. The molecule has 3 heteroatoms. The van der Waals surface area contributed by atoms with Crippen molar-refractivity contribution in [2.24, 2.45) is 0 Å². The predicted molar refractivity (Wildman–Crippen MR) is 98.8 cm³/mol. The molecule has 25 heavy (non-hydrogen) atoms. The molecule has 0 aromatic heterocycles. The van der Waals surface area contributed by atoms with Gasteiger partial charge in [-0.2, -0.15) is 0 Å². The lowest BCUT2D eigenvalue weighted by Crippen LogP contribution is -3.00. The molecule has 2 aromatic rings. The molecule has 0 saturated carbocycles. The summed E-state index contributed by atoms with van der Waals surface area (Å²) in [7, 11) is 0. The first kappa shape index (κ1) is 19.6. The van der Waals surface area contributed by atoms with Crippen LogP contribution in [0.4, 0.5) is 0 Å². The summed E-state index contributed by atoms with van der Waals surface area (Å²) < 4.78 is 7.01. The molecule has 0 atom stereocenters. The van der Waals surface area contributed by atoms with Crippen LogP contribution in [0, 0.1) is 11.8 Å². The molecular formula is C22H26BrNO. The van der Waals surface area contributed by atoms with Crippen molar-refractivity contribution >= 4 is 0 Å². The van der Waals surface area contributed by atoms with Crippen molar-refractivity contribution in [2.45, 2.75) is 19.3 Å². The lowest BCUT2D eigenvalue weighted by Gasteiger charge is -2.40. The van der Waals surface area contributed by atoms with Gasteiger partial charge in [-0.3, -0.25) is 0 Å². The molecule has 0 N–H and O–H groups in total. The Morgan fingerprint density at radius 3 is 2.16 bits per heavy atom. The third-order valence-corrected chi connectivity index (χ3v) is 4.76. The van der Waals surface area contributed by atoms with E-state index in [1.165, 1.54) is 32.4 Å². The van der Waals surface area contributed by atoms with Gasteiger partial charge < -0.3 is 26.2 Å². The van der Waals surface area contributed by atoms with Crippen LogP contribution in [-0.2, 0) is 0 Å². The average molecular weight is 400 g/mol. The van der Waals surface area contributed by atoms with E-state index in [0.717, 1.165) is 35.5 Å². The second kappa shape index (κ2) is 10.3. The number of rotatable bonds is 5. The lowest BCUT2D eigenvalue weighted by molar-refractivity contribution is -0.925. The summed E-state index contributed by atoms with van der Waals surface area (Å²) in [5.41, 5.74) is 1.10. The predicted octanol–water partition coefficient (Wildman–Crippen LogP) is 1.12. The first-order chi connectivity index (χ1) is 11.9. The summed E-state index contributed by atoms with van der Waals surface area (Å²) in [6.45, 7) is 5.17. The molecule has 1 aliphatic heterocycles. The SMILES string of the molecule is C(#Cc1ccccc1)C[N+]1(CCOc2ccccc2)CCCCC1.[Br-]. The summed E-state index contributed by atoms with van der Waals surface area (Å²) in [6, 6.07) is 20.4. The Hall–Kier alpha value is -1.76. The number of benzene rings is 2. The molecule has 0 amide bonds. The van der Waals surface area contributed by atoms with Gasteiger partial charge in [-0.15, -0.1) is 0 Å². The first-order valence-corrected chi connectivity index (χ1v) is 8.93. The minimum Gasteiger partial charge on any atom is -1.00 e. The molecule has 0 spiro atoms. The van der Waals surface area contributed by atoms with Crippen molar-refractivity contribution in [1.29, 1.82) is 0 Å². The monoisotopic (exact) mass is 399 g/mol. The summed E-state index contributed by atoms with van der Waals surface area (Å²) in [4.78, 5) is 0. The Balaban J connectivity index is 0.00000225. The standard InChI is InChI=1S/C22H26NO.BrH/c1-4-11-21(12-5-1)13-10-18-23(16-8-3-9-17-23)19-20-24-22-14-6-2-7-15-22;/h1-2,4-7,11-12,14-15H,3,8-9,16-20H2;1H/q+1;/p-1. The third-order valence-electron chi connectivity index (χ3n) is 4.76. The maximum absolute atomic E-state index is 5.93. The summed E-state index contributed by atoms with van der Waals surface area (Å²) in [6.07, 6.45) is 3.96. The van der Waals surface area contributed by atoms with E-state index in [1.807, 2.05) is 48.5 Å². The number of hydrogen-bond donors (Lipinski definition) is 0. The molecule has 0 unspecified atom stereocenters. The van der Waals surface area contributed by atoms with Crippen molar-refractivity contribution in [2.75, 3.05) is 32.8 Å². The van der Waals surface area contributed by atoms with Crippen LogP contribution in [-0.4, -0.2) is 37.3 Å². The largest absolute Gasteiger partial charge is 1.00 e. The quantitative estimate of drug-likeness (QED) is 0.540. The molecule has 132 valence electrons. The third kappa shape index (κ3) is 6.23. The molecule has 3 rings (SSSR count). The molecule has 2 nitrogen and oxygen atoms in total. The van der Waals surface area contributed by atoms with E-state index in [4.69, 9.17) is 4.74 Å². The number of ether oxygens (including phenoxy) is 1. The molecule has 1 aliphatic rings. The zero-order chi connectivity index (χ0) is 16.5. The van der Waals surface area contributed by atoms with Crippen LogP contribution < -0.4 is 21.7 Å². The fourth-order valence-electron chi connectivity index (χ4n) is 3.35. The van der Waals surface area contributed by atoms with E-state index < -0.39 is 0 Å². The van der Waals surface area contributed by atoms with Gasteiger partial charge in [-0.05, 0) is 49.4 Å². The fourth-order valence-corrected chi connectivity index (χ4v) is 3.35. The van der Waals surface area contributed by atoms with Crippen molar-refractivity contribution in [3.8, 4) is 17.6 Å². The van der Waals surface area contributed by atoms with Crippen LogP contribution in [0.25, 0.3) is 0 Å². The van der Waals surface area contributed by atoms with E-state index >= 15 is 0 Å². The van der Waals surface area contributed by atoms with Crippen LogP contribution >= 0.6 is 0 Å². The van der Waals surface area contributed by atoms with Gasteiger partial charge in [0.2, 0.25) is 0 Å². The summed E-state index contributed by atoms with van der Waals surface area (Å²) in [5.74, 6) is 7.71. The van der Waals surface area contributed by atoms with Crippen molar-refractivity contribution in [3.05, 3.63) is 66.2 Å². The molecule has 1 saturated heterocycles. The second-order valence-electron chi connectivity index (χ2n) is 6.56. The first-order valence-electron chi connectivity index (χ1n) is 8.93. The maximum Gasteiger partial charge on any atom is 0.141 e. The van der Waals surface area contributed by atoms with Gasteiger partial charge in [0.25, 0.3) is 0 Å². The van der Waals surface area contributed by atoms with Gasteiger partial charge in [-0.25, -0.2) is 0 Å². The highest BCUT2D eigenvalue weighted by atomic mass is 79.9. The highest BCUT2D eigenvalue weighted by Gasteiger charge is 2.28. The van der Waals surface area contributed by atoms with E-state index in [-0.39, 0.29) is 17.0 Å². The molecule has 0 bridgehead atoms. The zero-order valence-electron chi connectivity index (χ0n) is 14.7. The maximum atomic E-state index is 5.93. The molecular weight excluding hydrogens is 374 g/mol. The van der Waals surface area contributed by atoms with Gasteiger partial charge in [0, 0.05) is 5.56 Å². The molecule has 1 heterocycles. The second-order valence-corrected chi connectivity index (χ2v) is 6.56. The number of nitrogens with zero attached hydrogens (tertiary/aromatic N) is 1. The fraction of sp³-hybridized carbons (Fsp3) is 0.364. The normalized spacial score (nSPS) is 15.4. The van der Waals surface area contributed by atoms with E-state index in [1.54, 1.807) is 0 Å². The summed E-state index contributed by atoms with van der Waals surface area (Å²) >= 11 is 0. The Labute approximate surface area is 162 Å². The molecule has 0 radical (unpaired) electrons. The number of quaternary nitrogens is 1.